The molecule has 0 radical (unpaired) electrons. The van der Waals surface area contributed by atoms with E-state index >= 15 is 0 Å². The van der Waals surface area contributed by atoms with Crippen LogP contribution in [0.1, 0.15) is 58.9 Å². The maximum absolute atomic E-state index is 11.4. The van der Waals surface area contributed by atoms with E-state index in [1.807, 2.05) is 6.92 Å². The number of nitrogens with zero attached hydrogens (tertiary/aromatic N) is 1. The van der Waals surface area contributed by atoms with E-state index in [1.165, 1.54) is 17.0 Å². The fraction of sp³-hybridized carbons (Fsp3) is 0.579. The summed E-state index contributed by atoms with van der Waals surface area (Å²) in [7, 11) is 0. The van der Waals surface area contributed by atoms with Crippen molar-refractivity contribution in [2.75, 3.05) is 13.2 Å². The summed E-state index contributed by atoms with van der Waals surface area (Å²) in [6.45, 7) is 10.1. The van der Waals surface area contributed by atoms with Gasteiger partial charge < -0.3 is 4.74 Å². The Kier molecular flexibility index (Phi) is 6.01. The fourth-order valence-electron chi connectivity index (χ4n) is 3.19. The molecule has 0 amide bonds. The molecular weight excluding hydrogens is 354 g/mol. The molecule has 23 heavy (non-hydrogen) atoms. The lowest BCUT2D eigenvalue weighted by Gasteiger charge is -2.14. The Labute approximate surface area is 147 Å². The highest BCUT2D eigenvalue weighted by molar-refractivity contribution is 9.10. The van der Waals surface area contributed by atoms with Crippen LogP contribution in [-0.2, 0) is 14.9 Å². The maximum Gasteiger partial charge on any atom is 0.305 e. The third-order valence-corrected chi connectivity index (χ3v) is 5.29. The van der Waals surface area contributed by atoms with Gasteiger partial charge >= 0.3 is 5.97 Å². The van der Waals surface area contributed by atoms with Crippen molar-refractivity contribution in [1.29, 1.82) is 0 Å². The molecule has 0 unspecified atom stereocenters. The standard InChI is InChI=1S/C19H27BrNO2/c1-5-23-18(22)9-7-6-8-12-21-14(2)19(3,4)16-13-15(20)10-11-17(16)21/h10-11,13H,5-9,12H2,1-4H3/q+1. The number of unbranched alkanes of at least 4 members (excludes halogenated alkanes) is 2. The number of ether oxygens (including phenoxy) is 1. The van der Waals surface area contributed by atoms with Gasteiger partial charge in [-0.3, -0.25) is 4.79 Å². The molecule has 1 heterocycles. The lowest BCUT2D eigenvalue weighted by atomic mass is 9.82. The number of fused-ring (bicyclic) bond motifs is 1. The zero-order valence-corrected chi connectivity index (χ0v) is 16.2. The van der Waals surface area contributed by atoms with Crippen LogP contribution in [0.2, 0.25) is 0 Å². The number of hydrogen-bond donors (Lipinski definition) is 0. The summed E-state index contributed by atoms with van der Waals surface area (Å²) in [5.74, 6) is -0.0762. The SMILES string of the molecule is CCOC(=O)CCCCC[N+]1=C(C)C(C)(C)c2cc(Br)ccc21. The topological polar surface area (TPSA) is 29.3 Å². The molecule has 0 aliphatic carbocycles. The van der Waals surface area contributed by atoms with Gasteiger partial charge in [0.1, 0.15) is 6.54 Å². The summed E-state index contributed by atoms with van der Waals surface area (Å²) in [5, 5.41) is 0. The molecule has 0 saturated heterocycles. The first-order valence-electron chi connectivity index (χ1n) is 8.45. The van der Waals surface area contributed by atoms with Gasteiger partial charge in [0.25, 0.3) is 0 Å². The molecule has 0 aromatic heterocycles. The molecule has 4 heteroatoms. The summed E-state index contributed by atoms with van der Waals surface area (Å²) in [6.07, 6.45) is 3.57. The van der Waals surface area contributed by atoms with Crippen molar-refractivity contribution in [2.24, 2.45) is 0 Å². The van der Waals surface area contributed by atoms with Crippen LogP contribution in [0.4, 0.5) is 5.69 Å². The Balaban J connectivity index is 1.96. The minimum atomic E-state index is -0.0762. The first-order chi connectivity index (χ1) is 10.9. The summed E-state index contributed by atoms with van der Waals surface area (Å²) in [4.78, 5) is 11.4. The van der Waals surface area contributed by atoms with Gasteiger partial charge in [-0.1, -0.05) is 15.9 Å². The van der Waals surface area contributed by atoms with Crippen LogP contribution in [0.25, 0.3) is 0 Å². The molecule has 3 nitrogen and oxygen atoms in total. The molecule has 0 fully saturated rings. The number of carbonyl (C=O) groups is 1. The highest BCUT2D eigenvalue weighted by Gasteiger charge is 2.42. The zero-order valence-electron chi connectivity index (χ0n) is 14.6. The van der Waals surface area contributed by atoms with Crippen molar-refractivity contribution in [3.8, 4) is 0 Å². The first kappa shape index (κ1) is 18.2. The van der Waals surface area contributed by atoms with Gasteiger partial charge in [0.2, 0.25) is 5.69 Å². The van der Waals surface area contributed by atoms with E-state index in [0.29, 0.717) is 13.0 Å². The average Bonchev–Trinajstić information content (AvgIpc) is 2.68. The third kappa shape index (κ3) is 4.03. The van der Waals surface area contributed by atoms with Crippen molar-refractivity contribution in [1.82, 2.24) is 0 Å². The molecule has 1 aromatic carbocycles. The minimum absolute atomic E-state index is 0.0735. The van der Waals surface area contributed by atoms with Crippen LogP contribution in [0.3, 0.4) is 0 Å². The highest BCUT2D eigenvalue weighted by atomic mass is 79.9. The van der Waals surface area contributed by atoms with E-state index in [4.69, 9.17) is 4.74 Å². The summed E-state index contributed by atoms with van der Waals surface area (Å²) < 4.78 is 8.54. The lowest BCUT2D eigenvalue weighted by molar-refractivity contribution is -0.439. The Morgan fingerprint density at radius 2 is 2.00 bits per heavy atom. The molecule has 0 atom stereocenters. The van der Waals surface area contributed by atoms with Gasteiger partial charge in [-0.25, -0.2) is 0 Å². The van der Waals surface area contributed by atoms with Crippen molar-refractivity contribution >= 4 is 33.3 Å². The monoisotopic (exact) mass is 380 g/mol. The Morgan fingerprint density at radius 1 is 1.26 bits per heavy atom. The van der Waals surface area contributed by atoms with Gasteiger partial charge in [0.15, 0.2) is 5.71 Å². The predicted molar refractivity (Wildman–Crippen MR) is 97.7 cm³/mol. The third-order valence-electron chi connectivity index (χ3n) is 4.80. The number of hydrogen-bond acceptors (Lipinski definition) is 2. The minimum Gasteiger partial charge on any atom is -0.466 e. The van der Waals surface area contributed by atoms with Crippen LogP contribution in [0.5, 0.6) is 0 Å². The van der Waals surface area contributed by atoms with Gasteiger partial charge in [-0.05, 0) is 45.7 Å². The normalized spacial score (nSPS) is 15.7. The van der Waals surface area contributed by atoms with Gasteiger partial charge in [0.05, 0.1) is 12.0 Å². The Hall–Kier alpha value is -1.16. The number of rotatable bonds is 7. The van der Waals surface area contributed by atoms with Crippen LogP contribution < -0.4 is 0 Å². The molecule has 1 aliphatic heterocycles. The van der Waals surface area contributed by atoms with E-state index in [-0.39, 0.29) is 11.4 Å². The molecule has 126 valence electrons. The lowest BCUT2D eigenvalue weighted by Crippen LogP contribution is -2.26. The largest absolute Gasteiger partial charge is 0.466 e. The van der Waals surface area contributed by atoms with Crippen molar-refractivity contribution in [2.45, 2.75) is 58.8 Å². The molecule has 0 spiro atoms. The predicted octanol–water partition coefficient (Wildman–Crippen LogP) is 4.97. The summed E-state index contributed by atoms with van der Waals surface area (Å²) in [6, 6.07) is 6.55. The summed E-state index contributed by atoms with van der Waals surface area (Å²) >= 11 is 3.58. The van der Waals surface area contributed by atoms with Gasteiger partial charge in [-0.15, -0.1) is 0 Å². The van der Waals surface area contributed by atoms with Gasteiger partial charge in [0, 0.05) is 35.9 Å². The van der Waals surface area contributed by atoms with Crippen LogP contribution in [0, 0.1) is 0 Å². The zero-order chi connectivity index (χ0) is 17.0. The molecular formula is C19H27BrNO2+. The first-order valence-corrected chi connectivity index (χ1v) is 9.24. The average molecular weight is 381 g/mol. The second-order valence-corrected chi connectivity index (χ2v) is 7.55. The molecule has 1 aromatic rings. The maximum atomic E-state index is 11.4. The Bertz CT molecular complexity index is 620. The van der Waals surface area contributed by atoms with E-state index in [0.717, 1.165) is 30.3 Å². The van der Waals surface area contributed by atoms with Crippen molar-refractivity contribution < 1.29 is 14.1 Å². The quantitative estimate of drug-likeness (QED) is 0.379. The Morgan fingerprint density at radius 3 is 2.70 bits per heavy atom. The summed E-state index contributed by atoms with van der Waals surface area (Å²) in [5.41, 5.74) is 4.18. The van der Waals surface area contributed by atoms with Crippen LogP contribution in [0.15, 0.2) is 22.7 Å². The fourth-order valence-corrected chi connectivity index (χ4v) is 3.56. The second kappa shape index (κ2) is 7.61. The van der Waals surface area contributed by atoms with E-state index in [2.05, 4.69) is 59.5 Å². The molecule has 0 saturated carbocycles. The number of carbonyl (C=O) groups excluding carboxylic acids is 1. The molecule has 2 rings (SSSR count). The van der Waals surface area contributed by atoms with Gasteiger partial charge in [-0.2, -0.15) is 4.58 Å². The van der Waals surface area contributed by atoms with E-state index in [1.54, 1.807) is 0 Å². The van der Waals surface area contributed by atoms with Crippen molar-refractivity contribution in [3.63, 3.8) is 0 Å². The second-order valence-electron chi connectivity index (χ2n) is 6.64. The van der Waals surface area contributed by atoms with Crippen LogP contribution in [-0.4, -0.2) is 29.4 Å². The molecule has 0 bridgehead atoms. The van der Waals surface area contributed by atoms with Crippen molar-refractivity contribution in [3.05, 3.63) is 28.2 Å². The van der Waals surface area contributed by atoms with E-state index in [9.17, 15) is 4.79 Å². The highest BCUT2D eigenvalue weighted by Crippen LogP contribution is 2.40. The van der Waals surface area contributed by atoms with Crippen LogP contribution >= 0.6 is 15.9 Å². The van der Waals surface area contributed by atoms with E-state index < -0.39 is 0 Å². The number of halogens is 1. The molecule has 0 N–H and O–H groups in total. The molecule has 1 aliphatic rings. The number of esters is 1. The number of benzene rings is 1. The smallest absolute Gasteiger partial charge is 0.305 e.